The van der Waals surface area contributed by atoms with E-state index in [1.807, 2.05) is 6.33 Å². The molecule has 0 amide bonds. The molecule has 0 N–H and O–H groups in total. The number of piperidine rings is 1. The number of aryl methyl sites for hydroxylation is 1. The van der Waals surface area contributed by atoms with Gasteiger partial charge in [-0.25, -0.2) is 4.98 Å². The molecule has 0 radical (unpaired) electrons. The first-order valence-corrected chi connectivity index (χ1v) is 6.36. The summed E-state index contributed by atoms with van der Waals surface area (Å²) in [6.45, 7) is 4.50. The Hall–Kier alpha value is -1.35. The Morgan fingerprint density at radius 2 is 2.00 bits per heavy atom. The van der Waals surface area contributed by atoms with Gasteiger partial charge in [-0.1, -0.05) is 6.07 Å². The van der Waals surface area contributed by atoms with E-state index in [1.54, 1.807) is 0 Å². The van der Waals surface area contributed by atoms with Crippen molar-refractivity contribution in [1.29, 1.82) is 0 Å². The van der Waals surface area contributed by atoms with Crippen LogP contribution < -0.4 is 0 Å². The Morgan fingerprint density at radius 3 is 2.76 bits per heavy atom. The molecule has 3 nitrogen and oxygen atoms in total. The van der Waals surface area contributed by atoms with Crippen LogP contribution in [0, 0.1) is 6.92 Å². The number of nitrogens with zero attached hydrogens (tertiary/aromatic N) is 3. The summed E-state index contributed by atoms with van der Waals surface area (Å²) in [5.41, 5.74) is 3.69. The van der Waals surface area contributed by atoms with Gasteiger partial charge in [-0.05, 0) is 57.6 Å². The lowest BCUT2D eigenvalue weighted by molar-refractivity contribution is 0.223. The summed E-state index contributed by atoms with van der Waals surface area (Å²) in [7, 11) is 2.20. The molecule has 1 aliphatic heterocycles. The van der Waals surface area contributed by atoms with Crippen molar-refractivity contribution >= 4 is 11.0 Å². The van der Waals surface area contributed by atoms with E-state index in [-0.39, 0.29) is 0 Å². The highest BCUT2D eigenvalue weighted by molar-refractivity contribution is 5.76. The maximum Gasteiger partial charge on any atom is 0.0960 e. The molecule has 3 rings (SSSR count). The lowest BCUT2D eigenvalue weighted by Crippen LogP contribution is -2.31. The summed E-state index contributed by atoms with van der Waals surface area (Å²) in [6, 6.07) is 7.17. The third-order valence-corrected chi connectivity index (χ3v) is 3.81. The fourth-order valence-corrected chi connectivity index (χ4v) is 2.71. The lowest BCUT2D eigenvalue weighted by atomic mass is 10.1. The monoisotopic (exact) mass is 229 g/mol. The molecule has 3 heteroatoms. The van der Waals surface area contributed by atoms with Crippen molar-refractivity contribution in [2.24, 2.45) is 0 Å². The molecule has 0 atom stereocenters. The number of fused-ring (bicyclic) bond motifs is 1. The van der Waals surface area contributed by atoms with Crippen LogP contribution in [-0.4, -0.2) is 34.6 Å². The van der Waals surface area contributed by atoms with Crippen molar-refractivity contribution in [3.05, 3.63) is 30.1 Å². The fraction of sp³-hybridized carbons (Fsp3) is 0.500. The summed E-state index contributed by atoms with van der Waals surface area (Å²) >= 11 is 0. The Morgan fingerprint density at radius 1 is 1.24 bits per heavy atom. The van der Waals surface area contributed by atoms with Crippen LogP contribution in [0.3, 0.4) is 0 Å². The van der Waals surface area contributed by atoms with Crippen molar-refractivity contribution in [2.75, 3.05) is 20.1 Å². The molecule has 1 fully saturated rings. The third kappa shape index (κ3) is 1.95. The second-order valence-electron chi connectivity index (χ2n) is 5.18. The standard InChI is InChI=1S/C14H19N3/c1-11-3-4-14-13(9-11)15-10-17(14)12-5-7-16(2)8-6-12/h3-4,9-10,12H,5-8H2,1-2H3. The van der Waals surface area contributed by atoms with E-state index in [9.17, 15) is 0 Å². The van der Waals surface area contributed by atoms with E-state index in [4.69, 9.17) is 0 Å². The first-order valence-electron chi connectivity index (χ1n) is 6.36. The normalized spacial score (nSPS) is 18.9. The van der Waals surface area contributed by atoms with E-state index in [0.29, 0.717) is 6.04 Å². The van der Waals surface area contributed by atoms with Gasteiger partial charge < -0.3 is 9.47 Å². The van der Waals surface area contributed by atoms with Crippen LogP contribution in [0.4, 0.5) is 0 Å². The number of hydrogen-bond acceptors (Lipinski definition) is 2. The molecule has 0 saturated carbocycles. The van der Waals surface area contributed by atoms with Gasteiger partial charge in [-0.2, -0.15) is 0 Å². The van der Waals surface area contributed by atoms with E-state index in [2.05, 4.69) is 46.6 Å². The summed E-state index contributed by atoms with van der Waals surface area (Å²) in [5, 5.41) is 0. The third-order valence-electron chi connectivity index (χ3n) is 3.81. The number of aromatic nitrogens is 2. The fourth-order valence-electron chi connectivity index (χ4n) is 2.71. The first-order chi connectivity index (χ1) is 8.24. The molecule has 1 aliphatic rings. The molecule has 17 heavy (non-hydrogen) atoms. The number of benzene rings is 1. The largest absolute Gasteiger partial charge is 0.327 e. The predicted molar refractivity (Wildman–Crippen MR) is 70.2 cm³/mol. The van der Waals surface area contributed by atoms with Crippen LogP contribution in [0.5, 0.6) is 0 Å². The van der Waals surface area contributed by atoms with Gasteiger partial charge in [0.25, 0.3) is 0 Å². The molecule has 90 valence electrons. The predicted octanol–water partition coefficient (Wildman–Crippen LogP) is 2.61. The molecule has 1 saturated heterocycles. The van der Waals surface area contributed by atoms with E-state index < -0.39 is 0 Å². The van der Waals surface area contributed by atoms with Crippen molar-refractivity contribution in [2.45, 2.75) is 25.8 Å². The van der Waals surface area contributed by atoms with Gasteiger partial charge >= 0.3 is 0 Å². The Balaban J connectivity index is 1.95. The number of hydrogen-bond donors (Lipinski definition) is 0. The molecule has 0 aliphatic carbocycles. The Kier molecular flexibility index (Phi) is 2.63. The molecule has 2 aromatic rings. The summed E-state index contributed by atoms with van der Waals surface area (Å²) in [6.07, 6.45) is 4.48. The van der Waals surface area contributed by atoms with Crippen LogP contribution in [0.25, 0.3) is 11.0 Å². The highest BCUT2D eigenvalue weighted by Crippen LogP contribution is 2.26. The van der Waals surface area contributed by atoms with Gasteiger partial charge in [0.2, 0.25) is 0 Å². The highest BCUT2D eigenvalue weighted by Gasteiger charge is 2.19. The van der Waals surface area contributed by atoms with Gasteiger partial charge in [-0.15, -0.1) is 0 Å². The zero-order chi connectivity index (χ0) is 11.8. The van der Waals surface area contributed by atoms with Crippen LogP contribution in [0.2, 0.25) is 0 Å². The quantitative estimate of drug-likeness (QED) is 0.749. The van der Waals surface area contributed by atoms with Gasteiger partial charge in [-0.3, -0.25) is 0 Å². The smallest absolute Gasteiger partial charge is 0.0960 e. The maximum absolute atomic E-state index is 4.52. The minimum absolute atomic E-state index is 0.624. The number of rotatable bonds is 1. The van der Waals surface area contributed by atoms with Gasteiger partial charge in [0.1, 0.15) is 0 Å². The second-order valence-corrected chi connectivity index (χ2v) is 5.18. The van der Waals surface area contributed by atoms with Crippen molar-refractivity contribution in [1.82, 2.24) is 14.5 Å². The van der Waals surface area contributed by atoms with E-state index in [1.165, 1.54) is 37.0 Å². The topological polar surface area (TPSA) is 21.1 Å². The van der Waals surface area contributed by atoms with Crippen molar-refractivity contribution in [3.63, 3.8) is 0 Å². The van der Waals surface area contributed by atoms with Crippen LogP contribution in [-0.2, 0) is 0 Å². The molecule has 2 heterocycles. The minimum atomic E-state index is 0.624. The molecule has 0 spiro atoms. The van der Waals surface area contributed by atoms with Crippen LogP contribution >= 0.6 is 0 Å². The average Bonchev–Trinajstić information content (AvgIpc) is 2.73. The molecule has 0 bridgehead atoms. The first kappa shape index (κ1) is 10.8. The highest BCUT2D eigenvalue weighted by atomic mass is 15.1. The summed E-state index contributed by atoms with van der Waals surface area (Å²) < 4.78 is 2.36. The van der Waals surface area contributed by atoms with Crippen molar-refractivity contribution < 1.29 is 0 Å². The zero-order valence-corrected chi connectivity index (χ0v) is 10.6. The van der Waals surface area contributed by atoms with Gasteiger partial charge in [0.15, 0.2) is 0 Å². The lowest BCUT2D eigenvalue weighted by Gasteiger charge is -2.30. The van der Waals surface area contributed by atoms with Crippen LogP contribution in [0.15, 0.2) is 24.5 Å². The maximum atomic E-state index is 4.52. The SMILES string of the molecule is Cc1ccc2c(c1)ncn2C1CCN(C)CC1. The molecule has 1 aromatic carbocycles. The Bertz CT molecular complexity index is 521. The molecule has 0 unspecified atom stereocenters. The number of imidazole rings is 1. The summed E-state index contributed by atoms with van der Waals surface area (Å²) in [5.74, 6) is 0. The van der Waals surface area contributed by atoms with Gasteiger partial charge in [0, 0.05) is 6.04 Å². The number of likely N-dealkylation sites (tertiary alicyclic amines) is 1. The molecular weight excluding hydrogens is 210 g/mol. The average molecular weight is 229 g/mol. The second kappa shape index (κ2) is 4.15. The van der Waals surface area contributed by atoms with E-state index >= 15 is 0 Å². The zero-order valence-electron chi connectivity index (χ0n) is 10.6. The minimum Gasteiger partial charge on any atom is -0.327 e. The Labute approximate surface area is 102 Å². The van der Waals surface area contributed by atoms with Crippen molar-refractivity contribution in [3.8, 4) is 0 Å². The van der Waals surface area contributed by atoms with E-state index in [0.717, 1.165) is 5.52 Å². The summed E-state index contributed by atoms with van der Waals surface area (Å²) in [4.78, 5) is 6.93. The van der Waals surface area contributed by atoms with Gasteiger partial charge in [0.05, 0.1) is 17.4 Å². The molecular formula is C14H19N3. The molecule has 1 aromatic heterocycles. The van der Waals surface area contributed by atoms with Crippen LogP contribution in [0.1, 0.15) is 24.4 Å².